The molecule has 2 aromatic carbocycles. The topological polar surface area (TPSA) is 53.6 Å². The van der Waals surface area contributed by atoms with Gasteiger partial charge in [-0.25, -0.2) is 4.79 Å². The fourth-order valence-electron chi connectivity index (χ4n) is 2.35. The van der Waals surface area contributed by atoms with Crippen LogP contribution >= 0.6 is 15.9 Å². The maximum absolute atomic E-state index is 12.1. The third-order valence-corrected chi connectivity index (χ3v) is 4.19. The van der Waals surface area contributed by atoms with Gasteiger partial charge in [0, 0.05) is 4.47 Å². The second kappa shape index (κ2) is 5.88. The summed E-state index contributed by atoms with van der Waals surface area (Å²) < 4.78 is 18.2. The monoisotopic (exact) mass is 363 g/mol. The first kappa shape index (κ1) is 14.7. The van der Waals surface area contributed by atoms with Crippen molar-refractivity contribution in [2.24, 2.45) is 0 Å². The number of fused-ring (bicyclic) bond motifs is 1. The summed E-state index contributed by atoms with van der Waals surface area (Å²) in [6, 6.07) is 11.0. The molecule has 1 heterocycles. The molecule has 3 rings (SSSR count). The van der Waals surface area contributed by atoms with E-state index in [0.29, 0.717) is 23.6 Å². The van der Waals surface area contributed by atoms with Gasteiger partial charge in [-0.1, -0.05) is 28.1 Å². The maximum atomic E-state index is 12.1. The Morgan fingerprint density at radius 2 is 1.82 bits per heavy atom. The zero-order chi connectivity index (χ0) is 15.7. The normalized spacial score (nSPS) is 10.9. The van der Waals surface area contributed by atoms with E-state index in [0.717, 1.165) is 15.6 Å². The predicted molar refractivity (Wildman–Crippen MR) is 86.8 cm³/mol. The maximum Gasteiger partial charge on any atom is 0.420 e. The van der Waals surface area contributed by atoms with E-state index in [-0.39, 0.29) is 5.76 Å². The Hall–Kier alpha value is -2.21. The van der Waals surface area contributed by atoms with Crippen LogP contribution in [0.3, 0.4) is 0 Å². The van der Waals surface area contributed by atoms with Crippen LogP contribution < -0.4 is 15.2 Å². The van der Waals surface area contributed by atoms with Crippen molar-refractivity contribution in [2.75, 3.05) is 14.2 Å². The molecular weight excluding hydrogens is 350 g/mol. The van der Waals surface area contributed by atoms with Gasteiger partial charge in [-0.05, 0) is 29.8 Å². The van der Waals surface area contributed by atoms with Crippen LogP contribution in [0, 0.1) is 0 Å². The first-order valence-corrected chi connectivity index (χ1v) is 7.42. The van der Waals surface area contributed by atoms with Crippen molar-refractivity contribution in [1.82, 2.24) is 4.57 Å². The highest BCUT2D eigenvalue weighted by Gasteiger charge is 2.14. The minimum absolute atomic E-state index is 0.372. The molecule has 0 amide bonds. The van der Waals surface area contributed by atoms with Gasteiger partial charge in [0.1, 0.15) is 0 Å². The molecule has 0 aliphatic rings. The molecule has 0 aliphatic carbocycles. The molecule has 22 heavy (non-hydrogen) atoms. The number of aromatic nitrogens is 1. The number of halogens is 1. The Bertz CT molecular complexity index is 881. The van der Waals surface area contributed by atoms with E-state index in [1.54, 1.807) is 24.9 Å². The third-order valence-electron chi connectivity index (χ3n) is 3.45. The number of nitrogens with zero attached hydrogens (tertiary/aromatic N) is 1. The lowest BCUT2D eigenvalue weighted by Crippen LogP contribution is -2.15. The highest BCUT2D eigenvalue weighted by Crippen LogP contribution is 2.33. The molecule has 0 bridgehead atoms. The van der Waals surface area contributed by atoms with E-state index in [4.69, 9.17) is 13.9 Å². The molecule has 0 aliphatic heterocycles. The molecule has 0 N–H and O–H groups in total. The Labute approximate surface area is 135 Å². The fraction of sp³-hybridized carbons (Fsp3) is 0.188. The van der Waals surface area contributed by atoms with Crippen molar-refractivity contribution in [2.45, 2.75) is 6.54 Å². The van der Waals surface area contributed by atoms with E-state index >= 15 is 0 Å². The summed E-state index contributed by atoms with van der Waals surface area (Å²) in [5, 5.41) is 0. The quantitative estimate of drug-likeness (QED) is 0.712. The van der Waals surface area contributed by atoms with Gasteiger partial charge in [0.25, 0.3) is 0 Å². The van der Waals surface area contributed by atoms with Crippen LogP contribution in [0.25, 0.3) is 11.1 Å². The average molecular weight is 364 g/mol. The Morgan fingerprint density at radius 3 is 2.55 bits per heavy atom. The second-order valence-corrected chi connectivity index (χ2v) is 5.57. The van der Waals surface area contributed by atoms with E-state index in [1.807, 2.05) is 30.3 Å². The molecule has 0 radical (unpaired) electrons. The summed E-state index contributed by atoms with van der Waals surface area (Å²) in [7, 11) is 3.16. The largest absolute Gasteiger partial charge is 0.493 e. The van der Waals surface area contributed by atoms with Crippen LogP contribution in [0.4, 0.5) is 0 Å². The fourth-order valence-corrected chi connectivity index (χ4v) is 2.80. The van der Waals surface area contributed by atoms with Crippen LogP contribution in [-0.4, -0.2) is 18.8 Å². The number of ether oxygens (including phenoxy) is 2. The number of rotatable bonds is 4. The molecule has 0 spiro atoms. The summed E-state index contributed by atoms with van der Waals surface area (Å²) >= 11 is 3.50. The number of hydrogen-bond acceptors (Lipinski definition) is 4. The highest BCUT2D eigenvalue weighted by atomic mass is 79.9. The lowest BCUT2D eigenvalue weighted by molar-refractivity contribution is 0.354. The zero-order valence-corrected chi connectivity index (χ0v) is 13.7. The van der Waals surface area contributed by atoms with Crippen molar-refractivity contribution in [1.29, 1.82) is 0 Å². The number of methoxy groups -OCH3 is 2. The third kappa shape index (κ3) is 2.50. The Morgan fingerprint density at radius 1 is 1.14 bits per heavy atom. The second-order valence-electron chi connectivity index (χ2n) is 4.72. The van der Waals surface area contributed by atoms with Crippen LogP contribution in [0.2, 0.25) is 0 Å². The first-order valence-electron chi connectivity index (χ1n) is 6.63. The van der Waals surface area contributed by atoms with Gasteiger partial charge in [-0.2, -0.15) is 0 Å². The molecule has 1 aromatic heterocycles. The average Bonchev–Trinajstić information content (AvgIpc) is 2.84. The number of oxazole rings is 1. The minimum Gasteiger partial charge on any atom is -0.493 e. The molecule has 0 atom stereocenters. The smallest absolute Gasteiger partial charge is 0.420 e. The molecule has 5 nitrogen and oxygen atoms in total. The number of para-hydroxylation sites is 2. The van der Waals surface area contributed by atoms with Crippen molar-refractivity contribution >= 4 is 27.0 Å². The zero-order valence-electron chi connectivity index (χ0n) is 12.1. The van der Waals surface area contributed by atoms with Crippen molar-refractivity contribution in [3.63, 3.8) is 0 Å². The summed E-state index contributed by atoms with van der Waals surface area (Å²) in [5.74, 6) is 0.854. The SMILES string of the molecule is COc1cc(Br)c(Cn2c(=O)oc3ccccc32)cc1OC. The van der Waals surface area contributed by atoms with Crippen molar-refractivity contribution < 1.29 is 13.9 Å². The molecule has 114 valence electrons. The van der Waals surface area contributed by atoms with Gasteiger partial charge in [-0.15, -0.1) is 0 Å². The minimum atomic E-state index is -0.386. The molecule has 0 saturated carbocycles. The number of hydrogen-bond donors (Lipinski definition) is 0. The van der Waals surface area contributed by atoms with Crippen molar-refractivity contribution in [3.8, 4) is 11.5 Å². The summed E-state index contributed by atoms with van der Waals surface area (Å²) in [4.78, 5) is 12.1. The molecule has 6 heteroatoms. The molecule has 0 unspecified atom stereocenters. The number of benzene rings is 2. The predicted octanol–water partition coefficient (Wildman–Crippen LogP) is 3.42. The first-order chi connectivity index (χ1) is 10.6. The molecule has 0 saturated heterocycles. The molecule has 3 aromatic rings. The summed E-state index contributed by atoms with van der Waals surface area (Å²) in [5.41, 5.74) is 2.23. The standard InChI is InChI=1S/C16H14BrNO4/c1-20-14-7-10(11(17)8-15(14)21-2)9-18-12-5-3-4-6-13(12)22-16(18)19/h3-8H,9H2,1-2H3. The van der Waals surface area contributed by atoms with Gasteiger partial charge in [-0.3, -0.25) is 4.57 Å². The van der Waals surface area contributed by atoms with Crippen molar-refractivity contribution in [3.05, 3.63) is 57.0 Å². The lowest BCUT2D eigenvalue weighted by atomic mass is 10.2. The summed E-state index contributed by atoms with van der Waals surface area (Å²) in [6.45, 7) is 0.372. The van der Waals surface area contributed by atoms with E-state index in [1.165, 1.54) is 0 Å². The van der Waals surface area contributed by atoms with Gasteiger partial charge < -0.3 is 13.9 Å². The van der Waals surface area contributed by atoms with Gasteiger partial charge in [0.15, 0.2) is 17.1 Å². The van der Waals surface area contributed by atoms with Crippen LogP contribution in [0.1, 0.15) is 5.56 Å². The van der Waals surface area contributed by atoms with Crippen LogP contribution in [0.15, 0.2) is 50.1 Å². The summed E-state index contributed by atoms with van der Waals surface area (Å²) in [6.07, 6.45) is 0. The van der Waals surface area contributed by atoms with E-state index in [2.05, 4.69) is 15.9 Å². The van der Waals surface area contributed by atoms with E-state index in [9.17, 15) is 4.79 Å². The Balaban J connectivity index is 2.09. The van der Waals surface area contributed by atoms with Gasteiger partial charge in [0.2, 0.25) is 0 Å². The van der Waals surface area contributed by atoms with Crippen LogP contribution in [0.5, 0.6) is 11.5 Å². The molecular formula is C16H14BrNO4. The van der Waals surface area contributed by atoms with E-state index < -0.39 is 0 Å². The van der Waals surface area contributed by atoms with Crippen LogP contribution in [-0.2, 0) is 6.54 Å². The Kier molecular flexibility index (Phi) is 3.94. The van der Waals surface area contributed by atoms with Gasteiger partial charge >= 0.3 is 5.76 Å². The van der Waals surface area contributed by atoms with Gasteiger partial charge in [0.05, 0.1) is 26.3 Å². The molecule has 0 fully saturated rings. The highest BCUT2D eigenvalue weighted by molar-refractivity contribution is 9.10. The lowest BCUT2D eigenvalue weighted by Gasteiger charge is -2.12.